The highest BCUT2D eigenvalue weighted by Gasteiger charge is 1.99. The van der Waals surface area contributed by atoms with Crippen LogP contribution in [0.3, 0.4) is 0 Å². The Morgan fingerprint density at radius 1 is 1.50 bits per heavy atom. The molecule has 0 aromatic heterocycles. The quantitative estimate of drug-likeness (QED) is 0.567. The lowest BCUT2D eigenvalue weighted by molar-refractivity contribution is 0.112. The SMILES string of the molecule is O=Cc1ccc(C#CCCO)c(F)c1. The summed E-state index contributed by atoms with van der Waals surface area (Å²) in [7, 11) is 0. The van der Waals surface area contributed by atoms with Gasteiger partial charge in [-0.05, 0) is 12.1 Å². The molecule has 1 N–H and O–H groups in total. The van der Waals surface area contributed by atoms with Crippen LogP contribution in [0, 0.1) is 17.7 Å². The van der Waals surface area contributed by atoms with Crippen LogP contribution in [0.25, 0.3) is 0 Å². The second kappa shape index (κ2) is 5.15. The summed E-state index contributed by atoms with van der Waals surface area (Å²) in [6, 6.07) is 4.08. The highest BCUT2D eigenvalue weighted by atomic mass is 19.1. The Morgan fingerprint density at radius 2 is 2.29 bits per heavy atom. The highest BCUT2D eigenvalue weighted by Crippen LogP contribution is 2.07. The summed E-state index contributed by atoms with van der Waals surface area (Å²) < 4.78 is 13.1. The van der Waals surface area contributed by atoms with Gasteiger partial charge in [0.1, 0.15) is 12.1 Å². The van der Waals surface area contributed by atoms with Crippen LogP contribution in [-0.4, -0.2) is 18.0 Å². The fourth-order valence-electron chi connectivity index (χ4n) is 0.920. The first-order valence-corrected chi connectivity index (χ1v) is 4.12. The van der Waals surface area contributed by atoms with Crippen molar-refractivity contribution in [1.29, 1.82) is 0 Å². The first-order chi connectivity index (χ1) is 6.77. The first-order valence-electron chi connectivity index (χ1n) is 4.12. The minimum absolute atomic E-state index is 0.0406. The average molecular weight is 192 g/mol. The molecule has 0 saturated heterocycles. The predicted octanol–water partition coefficient (Wildman–Crippen LogP) is 1.37. The lowest BCUT2D eigenvalue weighted by atomic mass is 10.1. The zero-order valence-electron chi connectivity index (χ0n) is 7.46. The lowest BCUT2D eigenvalue weighted by Crippen LogP contribution is -1.87. The van der Waals surface area contributed by atoms with Gasteiger partial charge < -0.3 is 5.11 Å². The standard InChI is InChI=1S/C11H9FO2/c12-11-7-9(8-14)4-5-10(11)3-1-2-6-13/h4-5,7-8,13H,2,6H2. The van der Waals surface area contributed by atoms with Gasteiger partial charge in [-0.2, -0.15) is 0 Å². The van der Waals surface area contributed by atoms with E-state index in [1.165, 1.54) is 12.1 Å². The Balaban J connectivity index is 2.90. The summed E-state index contributed by atoms with van der Waals surface area (Å²) in [4.78, 5) is 10.3. The van der Waals surface area contributed by atoms with Crippen molar-refractivity contribution in [2.45, 2.75) is 6.42 Å². The number of aliphatic hydroxyl groups is 1. The van der Waals surface area contributed by atoms with Crippen molar-refractivity contribution < 1.29 is 14.3 Å². The van der Waals surface area contributed by atoms with Gasteiger partial charge in [0, 0.05) is 12.0 Å². The monoisotopic (exact) mass is 192 g/mol. The smallest absolute Gasteiger partial charge is 0.150 e. The molecule has 0 saturated carbocycles. The Bertz CT molecular complexity index is 388. The molecule has 0 unspecified atom stereocenters. The van der Waals surface area contributed by atoms with Gasteiger partial charge in [-0.3, -0.25) is 4.79 Å². The van der Waals surface area contributed by atoms with Crippen LogP contribution in [0.1, 0.15) is 22.3 Å². The minimum Gasteiger partial charge on any atom is -0.395 e. The summed E-state index contributed by atoms with van der Waals surface area (Å²) in [5.74, 6) is 4.65. The van der Waals surface area contributed by atoms with Crippen molar-refractivity contribution in [1.82, 2.24) is 0 Å². The molecule has 0 spiro atoms. The van der Waals surface area contributed by atoms with Gasteiger partial charge in [-0.1, -0.05) is 17.9 Å². The van der Waals surface area contributed by atoms with Gasteiger partial charge >= 0.3 is 0 Å². The van der Waals surface area contributed by atoms with Gasteiger partial charge in [-0.25, -0.2) is 4.39 Å². The lowest BCUT2D eigenvalue weighted by Gasteiger charge is -1.94. The maximum atomic E-state index is 13.1. The van der Waals surface area contributed by atoms with E-state index < -0.39 is 5.82 Å². The molecule has 0 aliphatic rings. The fourth-order valence-corrected chi connectivity index (χ4v) is 0.920. The number of hydrogen-bond donors (Lipinski definition) is 1. The molecule has 14 heavy (non-hydrogen) atoms. The third-order valence-electron chi connectivity index (χ3n) is 1.59. The molecule has 0 atom stereocenters. The molecule has 0 radical (unpaired) electrons. The average Bonchev–Trinajstić information content (AvgIpc) is 2.20. The Kier molecular flexibility index (Phi) is 3.84. The Hall–Kier alpha value is -1.66. The number of carbonyl (C=O) groups excluding carboxylic acids is 1. The highest BCUT2D eigenvalue weighted by molar-refractivity contribution is 5.75. The van der Waals surface area contributed by atoms with E-state index in [1.54, 1.807) is 0 Å². The maximum Gasteiger partial charge on any atom is 0.150 e. The number of aliphatic hydroxyl groups excluding tert-OH is 1. The molecule has 3 heteroatoms. The van der Waals surface area contributed by atoms with Gasteiger partial charge in [-0.15, -0.1) is 0 Å². The molecule has 1 aromatic rings. The second-order valence-corrected chi connectivity index (χ2v) is 2.63. The molecule has 2 nitrogen and oxygen atoms in total. The number of hydrogen-bond acceptors (Lipinski definition) is 2. The fraction of sp³-hybridized carbons (Fsp3) is 0.182. The van der Waals surface area contributed by atoms with Crippen LogP contribution in [-0.2, 0) is 0 Å². The molecular weight excluding hydrogens is 183 g/mol. The van der Waals surface area contributed by atoms with Crippen LogP contribution >= 0.6 is 0 Å². The topological polar surface area (TPSA) is 37.3 Å². The number of rotatable bonds is 2. The van der Waals surface area contributed by atoms with Crippen LogP contribution in [0.2, 0.25) is 0 Å². The summed E-state index contributed by atoms with van der Waals surface area (Å²) in [5, 5.41) is 8.45. The molecule has 0 aliphatic carbocycles. The van der Waals surface area contributed by atoms with E-state index in [9.17, 15) is 9.18 Å². The van der Waals surface area contributed by atoms with Gasteiger partial charge in [0.25, 0.3) is 0 Å². The third-order valence-corrected chi connectivity index (χ3v) is 1.59. The van der Waals surface area contributed by atoms with Gasteiger partial charge in [0.15, 0.2) is 0 Å². The zero-order valence-corrected chi connectivity index (χ0v) is 7.46. The normalized spacial score (nSPS) is 9.00. The Morgan fingerprint density at radius 3 is 2.86 bits per heavy atom. The summed E-state index contributed by atoms with van der Waals surface area (Å²) >= 11 is 0. The molecule has 0 fully saturated rings. The van der Waals surface area contributed by atoms with Crippen LogP contribution in [0.15, 0.2) is 18.2 Å². The molecule has 0 amide bonds. The van der Waals surface area contributed by atoms with E-state index in [-0.39, 0.29) is 17.7 Å². The molecule has 0 heterocycles. The van der Waals surface area contributed by atoms with E-state index in [0.717, 1.165) is 6.07 Å². The van der Waals surface area contributed by atoms with Crippen LogP contribution in [0.5, 0.6) is 0 Å². The van der Waals surface area contributed by atoms with Crippen molar-refractivity contribution in [3.63, 3.8) is 0 Å². The first kappa shape index (κ1) is 10.4. The van der Waals surface area contributed by atoms with Crippen molar-refractivity contribution >= 4 is 6.29 Å². The maximum absolute atomic E-state index is 13.1. The minimum atomic E-state index is -0.514. The zero-order chi connectivity index (χ0) is 10.4. The molecule has 0 bridgehead atoms. The molecule has 0 aliphatic heterocycles. The molecule has 72 valence electrons. The van der Waals surface area contributed by atoms with E-state index in [4.69, 9.17) is 5.11 Å². The summed E-state index contributed by atoms with van der Waals surface area (Å²) in [5.41, 5.74) is 0.527. The Labute approximate surface area is 81.4 Å². The van der Waals surface area contributed by atoms with Gasteiger partial charge in [0.05, 0.1) is 12.2 Å². The predicted molar refractivity (Wildman–Crippen MR) is 50.4 cm³/mol. The summed E-state index contributed by atoms with van der Waals surface area (Å²) in [6.07, 6.45) is 0.892. The number of benzene rings is 1. The van der Waals surface area contributed by atoms with Crippen molar-refractivity contribution in [2.75, 3.05) is 6.61 Å². The molecular formula is C11H9FO2. The molecule has 1 rings (SSSR count). The van der Waals surface area contributed by atoms with E-state index >= 15 is 0 Å². The van der Waals surface area contributed by atoms with Crippen molar-refractivity contribution in [2.24, 2.45) is 0 Å². The summed E-state index contributed by atoms with van der Waals surface area (Å²) in [6.45, 7) is -0.0406. The van der Waals surface area contributed by atoms with E-state index in [1.807, 2.05) is 0 Å². The van der Waals surface area contributed by atoms with E-state index in [0.29, 0.717) is 12.7 Å². The van der Waals surface area contributed by atoms with Crippen LogP contribution < -0.4 is 0 Å². The van der Waals surface area contributed by atoms with E-state index in [2.05, 4.69) is 11.8 Å². The van der Waals surface area contributed by atoms with Crippen LogP contribution in [0.4, 0.5) is 4.39 Å². The molecule has 1 aromatic carbocycles. The van der Waals surface area contributed by atoms with Crippen molar-refractivity contribution in [3.8, 4) is 11.8 Å². The number of carbonyl (C=O) groups is 1. The second-order valence-electron chi connectivity index (χ2n) is 2.63. The van der Waals surface area contributed by atoms with Gasteiger partial charge in [0.2, 0.25) is 0 Å². The third kappa shape index (κ3) is 2.68. The largest absolute Gasteiger partial charge is 0.395 e. The number of halogens is 1. The van der Waals surface area contributed by atoms with Crippen molar-refractivity contribution in [3.05, 3.63) is 35.1 Å². The number of aldehydes is 1.